The van der Waals surface area contributed by atoms with E-state index in [0.717, 1.165) is 11.1 Å². The molecule has 1 aromatic heterocycles. The molecule has 33 heavy (non-hydrogen) atoms. The number of benzene rings is 3. The largest absolute Gasteiger partial charge is 0.455 e. The Labute approximate surface area is 191 Å². The van der Waals surface area contributed by atoms with Gasteiger partial charge in [0.2, 0.25) is 5.91 Å². The van der Waals surface area contributed by atoms with Crippen molar-refractivity contribution in [2.75, 3.05) is 18.9 Å². The Hall–Kier alpha value is -4.19. The van der Waals surface area contributed by atoms with Crippen LogP contribution in [0.3, 0.4) is 0 Å². The van der Waals surface area contributed by atoms with E-state index in [-0.39, 0.29) is 29.0 Å². The van der Waals surface area contributed by atoms with Gasteiger partial charge in [0.05, 0.1) is 17.5 Å². The Morgan fingerprint density at radius 1 is 0.909 bits per heavy atom. The average Bonchev–Trinajstić information content (AvgIpc) is 2.82. The predicted molar refractivity (Wildman–Crippen MR) is 129 cm³/mol. The molecule has 0 aliphatic carbocycles. The van der Waals surface area contributed by atoms with E-state index in [1.165, 1.54) is 4.90 Å². The van der Waals surface area contributed by atoms with Gasteiger partial charge in [0, 0.05) is 23.9 Å². The molecule has 3 aromatic carbocycles. The summed E-state index contributed by atoms with van der Waals surface area (Å²) in [4.78, 5) is 40.0. The monoisotopic (exact) mass is 440 g/mol. The molecule has 6 nitrogen and oxygen atoms in total. The molecule has 0 saturated heterocycles. The molecule has 4 rings (SSSR count). The number of carbonyl (C=O) groups excluding carboxylic acids is 2. The second-order valence-corrected chi connectivity index (χ2v) is 8.01. The average molecular weight is 440 g/mol. The maximum absolute atomic E-state index is 13.2. The molecule has 2 amide bonds. The van der Waals surface area contributed by atoms with Crippen LogP contribution in [0.2, 0.25) is 0 Å². The lowest BCUT2D eigenvalue weighted by atomic mass is 10.0. The van der Waals surface area contributed by atoms with Gasteiger partial charge in [-0.15, -0.1) is 0 Å². The Morgan fingerprint density at radius 3 is 2.30 bits per heavy atom. The Kier molecular flexibility index (Phi) is 6.09. The predicted octanol–water partition coefficient (Wildman–Crippen LogP) is 4.79. The lowest BCUT2D eigenvalue weighted by molar-refractivity contribution is -0.116. The molecule has 6 heteroatoms. The third-order valence-electron chi connectivity index (χ3n) is 5.47. The summed E-state index contributed by atoms with van der Waals surface area (Å²) in [7, 11) is 1.54. The van der Waals surface area contributed by atoms with Gasteiger partial charge in [-0.05, 0) is 38.1 Å². The number of nitrogens with zero attached hydrogens (tertiary/aromatic N) is 1. The van der Waals surface area contributed by atoms with Crippen molar-refractivity contribution in [2.45, 2.75) is 13.8 Å². The van der Waals surface area contributed by atoms with Gasteiger partial charge in [-0.1, -0.05) is 54.1 Å². The minimum absolute atomic E-state index is 0.148. The number of aryl methyl sites for hydroxylation is 1. The van der Waals surface area contributed by atoms with Crippen LogP contribution in [0.5, 0.6) is 0 Å². The number of rotatable bonds is 5. The number of fused-ring (bicyclic) bond motifs is 1. The van der Waals surface area contributed by atoms with Crippen LogP contribution in [0.4, 0.5) is 5.69 Å². The van der Waals surface area contributed by atoms with Crippen LogP contribution >= 0.6 is 0 Å². The first-order chi connectivity index (χ1) is 15.8. The highest BCUT2D eigenvalue weighted by Gasteiger charge is 2.21. The highest BCUT2D eigenvalue weighted by Crippen LogP contribution is 2.27. The number of anilines is 1. The quantitative estimate of drug-likeness (QED) is 0.484. The summed E-state index contributed by atoms with van der Waals surface area (Å²) in [5.74, 6) is -0.309. The second kappa shape index (κ2) is 9.12. The fraction of sp³-hybridized carbons (Fsp3) is 0.148. The number of likely N-dealkylation sites (N-methyl/N-ethyl adjacent to an activating group) is 1. The molecular weight excluding hydrogens is 416 g/mol. The summed E-state index contributed by atoms with van der Waals surface area (Å²) in [5, 5.41) is 3.11. The molecule has 166 valence electrons. The van der Waals surface area contributed by atoms with Crippen LogP contribution in [0.15, 0.2) is 82.0 Å². The Balaban J connectivity index is 1.65. The van der Waals surface area contributed by atoms with Crippen molar-refractivity contribution in [1.82, 2.24) is 4.90 Å². The minimum atomic E-state index is -0.411. The molecule has 0 spiro atoms. The first kappa shape index (κ1) is 22.0. The molecule has 0 atom stereocenters. The first-order valence-corrected chi connectivity index (χ1v) is 10.6. The van der Waals surface area contributed by atoms with Crippen LogP contribution < -0.4 is 10.7 Å². The summed E-state index contributed by atoms with van der Waals surface area (Å²) in [6.45, 7) is 3.53. The zero-order valence-electron chi connectivity index (χ0n) is 18.7. The maximum atomic E-state index is 13.2. The Bertz CT molecular complexity index is 1390. The van der Waals surface area contributed by atoms with Gasteiger partial charge in [0.25, 0.3) is 5.91 Å². The smallest absolute Gasteiger partial charge is 0.257 e. The van der Waals surface area contributed by atoms with Crippen LogP contribution in [0.25, 0.3) is 22.3 Å². The van der Waals surface area contributed by atoms with Gasteiger partial charge in [0.1, 0.15) is 5.76 Å². The van der Waals surface area contributed by atoms with E-state index in [0.29, 0.717) is 22.4 Å². The molecule has 0 radical (unpaired) electrons. The number of amides is 2. The van der Waals surface area contributed by atoms with Crippen molar-refractivity contribution in [3.05, 3.63) is 99.7 Å². The molecule has 0 saturated carbocycles. The SMILES string of the molecule is Cc1ccc(NC(=O)CN(C)C(=O)c2cccc3c(=O)c(C)c(-c4ccccc4)oc23)cc1. The molecule has 0 aliphatic rings. The summed E-state index contributed by atoms with van der Waals surface area (Å²) in [6.07, 6.45) is 0. The number of hydrogen-bond donors (Lipinski definition) is 1. The van der Waals surface area contributed by atoms with Crippen molar-refractivity contribution in [1.29, 1.82) is 0 Å². The van der Waals surface area contributed by atoms with E-state index in [4.69, 9.17) is 4.42 Å². The van der Waals surface area contributed by atoms with Gasteiger partial charge in [-0.2, -0.15) is 0 Å². The van der Waals surface area contributed by atoms with Gasteiger partial charge < -0.3 is 14.6 Å². The van der Waals surface area contributed by atoms with Gasteiger partial charge in [-0.3, -0.25) is 14.4 Å². The zero-order valence-corrected chi connectivity index (χ0v) is 18.7. The Morgan fingerprint density at radius 2 is 1.61 bits per heavy atom. The van der Waals surface area contributed by atoms with Crippen molar-refractivity contribution in [2.24, 2.45) is 0 Å². The highest BCUT2D eigenvalue weighted by molar-refractivity contribution is 6.06. The van der Waals surface area contributed by atoms with Crippen LogP contribution in [0.1, 0.15) is 21.5 Å². The van der Waals surface area contributed by atoms with E-state index in [9.17, 15) is 14.4 Å². The topological polar surface area (TPSA) is 79.6 Å². The summed E-state index contributed by atoms with van der Waals surface area (Å²) >= 11 is 0. The molecule has 0 fully saturated rings. The number of para-hydroxylation sites is 1. The van der Waals surface area contributed by atoms with Crippen molar-refractivity contribution >= 4 is 28.5 Å². The van der Waals surface area contributed by atoms with Crippen LogP contribution in [-0.2, 0) is 4.79 Å². The molecule has 1 heterocycles. The normalized spacial score (nSPS) is 10.8. The van der Waals surface area contributed by atoms with Gasteiger partial charge in [-0.25, -0.2) is 0 Å². The third-order valence-corrected chi connectivity index (χ3v) is 5.47. The molecule has 1 N–H and O–H groups in total. The molecule has 0 aliphatic heterocycles. The minimum Gasteiger partial charge on any atom is -0.455 e. The molecule has 0 unspecified atom stereocenters. The fourth-order valence-electron chi connectivity index (χ4n) is 3.67. The lowest BCUT2D eigenvalue weighted by Crippen LogP contribution is -2.35. The van der Waals surface area contributed by atoms with Crippen molar-refractivity contribution < 1.29 is 14.0 Å². The number of hydrogen-bond acceptors (Lipinski definition) is 4. The van der Waals surface area contributed by atoms with Crippen molar-refractivity contribution in [3.8, 4) is 11.3 Å². The molecule has 0 bridgehead atoms. The zero-order chi connectivity index (χ0) is 23.5. The summed E-state index contributed by atoms with van der Waals surface area (Å²) in [5.41, 5.74) is 3.22. The fourth-order valence-corrected chi connectivity index (χ4v) is 3.67. The summed E-state index contributed by atoms with van der Waals surface area (Å²) < 4.78 is 6.13. The van der Waals surface area contributed by atoms with E-state index in [2.05, 4.69) is 5.32 Å². The van der Waals surface area contributed by atoms with E-state index in [1.54, 1.807) is 32.2 Å². The van der Waals surface area contributed by atoms with E-state index in [1.807, 2.05) is 61.5 Å². The van der Waals surface area contributed by atoms with Crippen molar-refractivity contribution in [3.63, 3.8) is 0 Å². The lowest BCUT2D eigenvalue weighted by Gasteiger charge is -2.18. The third kappa shape index (κ3) is 4.55. The first-order valence-electron chi connectivity index (χ1n) is 10.6. The standard InChI is InChI=1S/C27H24N2O4/c1-17-12-14-20(15-13-17)28-23(30)16-29(3)27(32)22-11-7-10-21-24(31)18(2)25(33-26(21)22)19-8-5-4-6-9-19/h4-15H,16H2,1-3H3,(H,28,30). The molecular formula is C27H24N2O4. The number of carbonyl (C=O) groups is 2. The number of nitrogens with one attached hydrogen (secondary N) is 1. The van der Waals surface area contributed by atoms with E-state index < -0.39 is 5.91 Å². The highest BCUT2D eigenvalue weighted by atomic mass is 16.3. The van der Waals surface area contributed by atoms with Gasteiger partial charge >= 0.3 is 0 Å². The second-order valence-electron chi connectivity index (χ2n) is 8.01. The van der Waals surface area contributed by atoms with Crippen LogP contribution in [-0.4, -0.2) is 30.3 Å². The summed E-state index contributed by atoms with van der Waals surface area (Å²) in [6, 6.07) is 21.6. The van der Waals surface area contributed by atoms with Gasteiger partial charge in [0.15, 0.2) is 11.0 Å². The maximum Gasteiger partial charge on any atom is 0.257 e. The molecule has 4 aromatic rings. The van der Waals surface area contributed by atoms with Crippen LogP contribution in [0, 0.1) is 13.8 Å². The van der Waals surface area contributed by atoms with E-state index >= 15 is 0 Å².